The van der Waals surface area contributed by atoms with E-state index in [9.17, 15) is 18.5 Å². The minimum atomic E-state index is -4.18. The Morgan fingerprint density at radius 2 is 1.92 bits per heavy atom. The van der Waals surface area contributed by atoms with Crippen molar-refractivity contribution in [1.82, 2.24) is 0 Å². The number of nitro benzene ring substituents is 1. The summed E-state index contributed by atoms with van der Waals surface area (Å²) in [5.74, 6) is 0.523. The molecular formula is C15H16N2O6S. The van der Waals surface area contributed by atoms with Crippen molar-refractivity contribution in [2.45, 2.75) is 11.8 Å². The maximum atomic E-state index is 12.6. The topological polar surface area (TPSA) is 108 Å². The molecule has 128 valence electrons. The minimum Gasteiger partial charge on any atom is -0.497 e. The first kappa shape index (κ1) is 17.5. The molecule has 1 N–H and O–H groups in total. The average Bonchev–Trinajstić information content (AvgIpc) is 2.56. The van der Waals surface area contributed by atoms with Gasteiger partial charge in [-0.2, -0.15) is 0 Å². The first-order valence-electron chi connectivity index (χ1n) is 6.96. The maximum absolute atomic E-state index is 12.6. The summed E-state index contributed by atoms with van der Waals surface area (Å²) in [4.78, 5) is 9.96. The van der Waals surface area contributed by atoms with Crippen molar-refractivity contribution >= 4 is 21.4 Å². The highest BCUT2D eigenvalue weighted by Crippen LogP contribution is 2.32. The summed E-state index contributed by atoms with van der Waals surface area (Å²) in [6.07, 6.45) is 0. The van der Waals surface area contributed by atoms with E-state index in [1.165, 1.54) is 19.2 Å². The normalized spacial score (nSPS) is 10.9. The zero-order valence-corrected chi connectivity index (χ0v) is 13.9. The molecule has 0 atom stereocenters. The zero-order valence-electron chi connectivity index (χ0n) is 13.1. The molecule has 8 nitrogen and oxygen atoms in total. The van der Waals surface area contributed by atoms with E-state index in [2.05, 4.69) is 4.72 Å². The Balaban J connectivity index is 2.47. The molecule has 0 aliphatic carbocycles. The van der Waals surface area contributed by atoms with Crippen molar-refractivity contribution in [3.8, 4) is 11.5 Å². The molecule has 0 saturated heterocycles. The number of rotatable bonds is 7. The third kappa shape index (κ3) is 3.74. The molecule has 24 heavy (non-hydrogen) atoms. The Morgan fingerprint density at radius 3 is 2.54 bits per heavy atom. The molecule has 0 bridgehead atoms. The van der Waals surface area contributed by atoms with Crippen molar-refractivity contribution in [2.24, 2.45) is 0 Å². The van der Waals surface area contributed by atoms with Crippen LogP contribution in [0.4, 0.5) is 11.4 Å². The lowest BCUT2D eigenvalue weighted by molar-refractivity contribution is -0.387. The van der Waals surface area contributed by atoms with Crippen LogP contribution in [0.3, 0.4) is 0 Å². The summed E-state index contributed by atoms with van der Waals surface area (Å²) in [6.45, 7) is 2.11. The first-order chi connectivity index (χ1) is 11.4. The number of methoxy groups -OCH3 is 1. The average molecular weight is 352 g/mol. The molecular weight excluding hydrogens is 336 g/mol. The molecule has 2 aromatic carbocycles. The predicted octanol–water partition coefficient (Wildman–Crippen LogP) is 2.80. The quantitative estimate of drug-likeness (QED) is 0.606. The smallest absolute Gasteiger partial charge is 0.293 e. The highest BCUT2D eigenvalue weighted by Gasteiger charge is 2.27. The molecule has 9 heteroatoms. The van der Waals surface area contributed by atoms with Crippen LogP contribution in [-0.4, -0.2) is 27.1 Å². The van der Waals surface area contributed by atoms with Gasteiger partial charge < -0.3 is 9.47 Å². The van der Waals surface area contributed by atoms with Gasteiger partial charge in [0.15, 0.2) is 4.90 Å². The van der Waals surface area contributed by atoms with Crippen LogP contribution in [0.2, 0.25) is 0 Å². The number of para-hydroxylation sites is 2. The lowest BCUT2D eigenvalue weighted by Gasteiger charge is -2.13. The van der Waals surface area contributed by atoms with Crippen molar-refractivity contribution in [3.05, 3.63) is 52.6 Å². The first-order valence-corrected chi connectivity index (χ1v) is 8.44. The summed E-state index contributed by atoms with van der Waals surface area (Å²) in [5, 5.41) is 11.2. The fourth-order valence-electron chi connectivity index (χ4n) is 2.03. The number of nitrogens with zero attached hydrogens (tertiary/aromatic N) is 1. The monoisotopic (exact) mass is 352 g/mol. The summed E-state index contributed by atoms with van der Waals surface area (Å²) in [5.41, 5.74) is -0.375. The molecule has 0 unspecified atom stereocenters. The standard InChI is InChI=1S/C15H16N2O6S/c1-3-23-14-7-5-4-6-12(14)16-24(20,21)15-9-8-11(22-2)10-13(15)17(18)19/h4-10,16H,3H2,1-2H3. The van der Waals surface area contributed by atoms with E-state index >= 15 is 0 Å². The fourth-order valence-corrected chi connectivity index (χ4v) is 3.25. The van der Waals surface area contributed by atoms with E-state index in [1.54, 1.807) is 25.1 Å². The Kier molecular flexibility index (Phi) is 5.24. The molecule has 0 saturated carbocycles. The van der Waals surface area contributed by atoms with Gasteiger partial charge in [0.1, 0.15) is 11.5 Å². The third-order valence-corrected chi connectivity index (χ3v) is 4.50. The number of benzene rings is 2. The Bertz CT molecular complexity index is 851. The minimum absolute atomic E-state index is 0.190. The second-order valence-corrected chi connectivity index (χ2v) is 6.28. The van der Waals surface area contributed by atoms with Gasteiger partial charge in [0.2, 0.25) is 0 Å². The van der Waals surface area contributed by atoms with Crippen LogP contribution < -0.4 is 14.2 Å². The SMILES string of the molecule is CCOc1ccccc1NS(=O)(=O)c1ccc(OC)cc1[N+](=O)[O-]. The van der Waals surface area contributed by atoms with Crippen molar-refractivity contribution in [1.29, 1.82) is 0 Å². The molecule has 0 fully saturated rings. The highest BCUT2D eigenvalue weighted by molar-refractivity contribution is 7.92. The van der Waals surface area contributed by atoms with Gasteiger partial charge in [-0.1, -0.05) is 12.1 Å². The summed E-state index contributed by atoms with van der Waals surface area (Å²) >= 11 is 0. The number of nitrogens with one attached hydrogen (secondary N) is 1. The number of anilines is 1. The molecule has 0 spiro atoms. The van der Waals surface area contributed by atoms with Gasteiger partial charge in [0.05, 0.1) is 30.4 Å². The van der Waals surface area contributed by atoms with Crippen molar-refractivity contribution in [3.63, 3.8) is 0 Å². The third-order valence-electron chi connectivity index (χ3n) is 3.08. The van der Waals surface area contributed by atoms with E-state index in [0.29, 0.717) is 12.4 Å². The van der Waals surface area contributed by atoms with E-state index in [0.717, 1.165) is 12.1 Å². The lowest BCUT2D eigenvalue weighted by Crippen LogP contribution is -2.15. The molecule has 2 rings (SSSR count). The van der Waals surface area contributed by atoms with Gasteiger partial charge in [-0.05, 0) is 31.2 Å². The molecule has 0 amide bonds. The number of hydrogen-bond donors (Lipinski definition) is 1. The highest BCUT2D eigenvalue weighted by atomic mass is 32.2. The van der Waals surface area contributed by atoms with E-state index in [1.807, 2.05) is 0 Å². The van der Waals surface area contributed by atoms with Crippen molar-refractivity contribution < 1.29 is 22.8 Å². The molecule has 0 aliphatic heterocycles. The summed E-state index contributed by atoms with van der Waals surface area (Å²) < 4.78 is 37.7. The molecule has 0 radical (unpaired) electrons. The van der Waals surface area contributed by atoms with E-state index < -0.39 is 25.5 Å². The Hall–Kier alpha value is -2.81. The van der Waals surface area contributed by atoms with Crippen LogP contribution in [0, 0.1) is 10.1 Å². The predicted molar refractivity (Wildman–Crippen MR) is 88.1 cm³/mol. The number of sulfonamides is 1. The van der Waals surface area contributed by atoms with Crippen LogP contribution >= 0.6 is 0 Å². The summed E-state index contributed by atoms with van der Waals surface area (Å²) in [7, 11) is -2.84. The number of nitro groups is 1. The lowest BCUT2D eigenvalue weighted by atomic mass is 10.3. The maximum Gasteiger partial charge on any atom is 0.293 e. The zero-order chi connectivity index (χ0) is 17.7. The van der Waals surface area contributed by atoms with Crippen LogP contribution in [0.1, 0.15) is 6.92 Å². The molecule has 0 aromatic heterocycles. The van der Waals surface area contributed by atoms with E-state index in [-0.39, 0.29) is 11.4 Å². The number of hydrogen-bond acceptors (Lipinski definition) is 6. The van der Waals surface area contributed by atoms with Gasteiger partial charge in [-0.3, -0.25) is 14.8 Å². The Morgan fingerprint density at radius 1 is 1.21 bits per heavy atom. The van der Waals surface area contributed by atoms with Gasteiger partial charge in [-0.25, -0.2) is 8.42 Å². The van der Waals surface area contributed by atoms with Gasteiger partial charge in [0.25, 0.3) is 15.7 Å². The van der Waals surface area contributed by atoms with Crippen molar-refractivity contribution in [2.75, 3.05) is 18.4 Å². The molecule has 0 aliphatic rings. The molecule has 2 aromatic rings. The van der Waals surface area contributed by atoms with Crippen LogP contribution in [0.15, 0.2) is 47.4 Å². The summed E-state index contributed by atoms with van der Waals surface area (Å²) in [6, 6.07) is 9.96. The Labute approximate surface area is 139 Å². The van der Waals surface area contributed by atoms with Crippen LogP contribution in [0.25, 0.3) is 0 Å². The fraction of sp³-hybridized carbons (Fsp3) is 0.200. The van der Waals surface area contributed by atoms with E-state index in [4.69, 9.17) is 9.47 Å². The van der Waals surface area contributed by atoms with Gasteiger partial charge >= 0.3 is 0 Å². The molecule has 0 heterocycles. The largest absolute Gasteiger partial charge is 0.497 e. The second-order valence-electron chi connectivity index (χ2n) is 4.63. The van der Waals surface area contributed by atoms with Gasteiger partial charge in [0, 0.05) is 0 Å². The number of ether oxygens (including phenoxy) is 2. The van der Waals surface area contributed by atoms with Crippen LogP contribution in [0.5, 0.6) is 11.5 Å². The van der Waals surface area contributed by atoms with Crippen LogP contribution in [-0.2, 0) is 10.0 Å². The van der Waals surface area contributed by atoms with Gasteiger partial charge in [-0.15, -0.1) is 0 Å². The second kappa shape index (κ2) is 7.18.